The molecule has 2 radical (unpaired) electrons. The predicted molar refractivity (Wildman–Crippen MR) is 37.2 cm³/mol. The summed E-state index contributed by atoms with van der Waals surface area (Å²) >= 11 is 0. The highest BCUT2D eigenvalue weighted by molar-refractivity contribution is 6.08. The molecule has 2 N–H and O–H groups in total. The van der Waals surface area contributed by atoms with E-state index in [9.17, 15) is 0 Å². The Morgan fingerprint density at radius 2 is 1.88 bits per heavy atom. The summed E-state index contributed by atoms with van der Waals surface area (Å²) in [6, 6.07) is 0. The fourth-order valence-electron chi connectivity index (χ4n) is 0.456. The zero-order chi connectivity index (χ0) is 6.24. The Labute approximate surface area is 52.5 Å². The van der Waals surface area contributed by atoms with Crippen LogP contribution in [0.15, 0.2) is 0 Å². The van der Waals surface area contributed by atoms with Crippen LogP contribution >= 0.6 is 0 Å². The fourth-order valence-corrected chi connectivity index (χ4v) is 0.456. The maximum Gasteiger partial charge on any atom is 0.0859 e. The molecule has 0 rings (SSSR count). The molecule has 0 amide bonds. The summed E-state index contributed by atoms with van der Waals surface area (Å²) in [6.45, 7) is 5.09. The van der Waals surface area contributed by atoms with Crippen molar-refractivity contribution in [2.24, 2.45) is 0 Å². The number of hydrogen-bond donors (Lipinski definition) is 2. The number of nitrogens with one attached hydrogen (secondary N) is 2. The van der Waals surface area contributed by atoms with Crippen molar-refractivity contribution in [1.29, 1.82) is 0 Å². The molecular formula is C5H13BN2. The zero-order valence-electron chi connectivity index (χ0n) is 5.41. The summed E-state index contributed by atoms with van der Waals surface area (Å²) in [7, 11) is 5.17. The van der Waals surface area contributed by atoms with Crippen LogP contribution in [0.4, 0.5) is 0 Å². The van der Waals surface area contributed by atoms with Crippen molar-refractivity contribution in [3.05, 3.63) is 0 Å². The molecule has 8 heavy (non-hydrogen) atoms. The van der Waals surface area contributed by atoms with Crippen molar-refractivity contribution >= 4 is 7.85 Å². The van der Waals surface area contributed by atoms with E-state index < -0.39 is 0 Å². The van der Waals surface area contributed by atoms with Gasteiger partial charge in [0.2, 0.25) is 0 Å². The van der Waals surface area contributed by atoms with Crippen molar-refractivity contribution in [1.82, 2.24) is 10.6 Å². The van der Waals surface area contributed by atoms with Crippen LogP contribution in [0.2, 0.25) is 0 Å². The predicted octanol–water partition coefficient (Wildman–Crippen LogP) is -0.688. The van der Waals surface area contributed by atoms with E-state index in [0.29, 0.717) is 6.44 Å². The number of hydrogen-bond acceptors (Lipinski definition) is 2. The van der Waals surface area contributed by atoms with Gasteiger partial charge in [0.05, 0.1) is 7.85 Å². The van der Waals surface area contributed by atoms with E-state index in [0.717, 1.165) is 19.6 Å². The van der Waals surface area contributed by atoms with Gasteiger partial charge < -0.3 is 10.6 Å². The lowest BCUT2D eigenvalue weighted by molar-refractivity contribution is 0.664. The Balaban J connectivity index is 2.53. The van der Waals surface area contributed by atoms with Gasteiger partial charge in [0, 0.05) is 13.1 Å². The van der Waals surface area contributed by atoms with Crippen molar-refractivity contribution in [2.45, 2.75) is 6.92 Å². The normalized spacial score (nSPS) is 9.62. The zero-order valence-corrected chi connectivity index (χ0v) is 5.41. The average molecular weight is 112 g/mol. The van der Waals surface area contributed by atoms with Crippen LogP contribution in [-0.2, 0) is 0 Å². The molecule has 0 saturated heterocycles. The quantitative estimate of drug-likeness (QED) is 0.363. The van der Waals surface area contributed by atoms with Gasteiger partial charge in [0.1, 0.15) is 0 Å². The molecule has 0 aromatic rings. The highest BCUT2D eigenvalue weighted by atomic mass is 14.9. The standard InChI is InChI=1S/C5H13BN2/c1-2-7-3-4-8-5-6/h7-8H,2-5H2,1H3. The smallest absolute Gasteiger partial charge is 0.0859 e. The van der Waals surface area contributed by atoms with Crippen LogP contribution < -0.4 is 10.6 Å². The van der Waals surface area contributed by atoms with Crippen LogP contribution in [0, 0.1) is 0 Å². The van der Waals surface area contributed by atoms with Crippen LogP contribution in [0.3, 0.4) is 0 Å². The van der Waals surface area contributed by atoms with E-state index in [-0.39, 0.29) is 0 Å². The molecule has 2 nitrogen and oxygen atoms in total. The van der Waals surface area contributed by atoms with E-state index in [4.69, 9.17) is 7.85 Å². The third kappa shape index (κ3) is 5.98. The Bertz CT molecular complexity index is 35.4. The second kappa shape index (κ2) is 6.98. The maximum absolute atomic E-state index is 5.17. The minimum Gasteiger partial charge on any atom is -0.324 e. The van der Waals surface area contributed by atoms with Gasteiger partial charge in [-0.1, -0.05) is 6.92 Å². The molecule has 0 heterocycles. The SMILES string of the molecule is [B]CNCCNCC. The number of likely N-dealkylation sites (N-methyl/N-ethyl adjacent to an activating group) is 1. The van der Waals surface area contributed by atoms with Crippen molar-refractivity contribution in [2.75, 3.05) is 26.1 Å². The van der Waals surface area contributed by atoms with E-state index in [1.165, 1.54) is 0 Å². The molecule has 46 valence electrons. The Hall–Kier alpha value is -0.0151. The third-order valence-corrected chi connectivity index (χ3v) is 0.873. The Morgan fingerprint density at radius 1 is 1.25 bits per heavy atom. The van der Waals surface area contributed by atoms with Crippen LogP contribution in [0.1, 0.15) is 6.92 Å². The molecule has 0 aromatic carbocycles. The molecule has 0 spiro atoms. The topological polar surface area (TPSA) is 24.1 Å². The first-order chi connectivity index (χ1) is 3.91. The van der Waals surface area contributed by atoms with Crippen LogP contribution in [0.25, 0.3) is 0 Å². The molecule has 0 atom stereocenters. The van der Waals surface area contributed by atoms with Crippen molar-refractivity contribution in [3.63, 3.8) is 0 Å². The lowest BCUT2D eigenvalue weighted by Gasteiger charge is -1.99. The van der Waals surface area contributed by atoms with Crippen molar-refractivity contribution in [3.8, 4) is 0 Å². The van der Waals surface area contributed by atoms with Crippen molar-refractivity contribution < 1.29 is 0 Å². The first-order valence-electron chi connectivity index (χ1n) is 3.03. The summed E-state index contributed by atoms with van der Waals surface area (Å²) in [6.07, 6.45) is 0.575. The highest BCUT2D eigenvalue weighted by Crippen LogP contribution is 1.54. The summed E-state index contributed by atoms with van der Waals surface area (Å²) in [4.78, 5) is 0. The van der Waals surface area contributed by atoms with Gasteiger partial charge >= 0.3 is 0 Å². The molecular weight excluding hydrogens is 98.9 g/mol. The van der Waals surface area contributed by atoms with Gasteiger partial charge in [-0.25, -0.2) is 0 Å². The lowest BCUT2D eigenvalue weighted by Crippen LogP contribution is -2.27. The molecule has 3 heteroatoms. The Kier molecular flexibility index (Phi) is 6.97. The molecule has 0 bridgehead atoms. The second-order valence-electron chi connectivity index (χ2n) is 1.56. The van der Waals surface area contributed by atoms with E-state index in [2.05, 4.69) is 17.6 Å². The molecule has 0 aromatic heterocycles. The van der Waals surface area contributed by atoms with Gasteiger partial charge in [0.15, 0.2) is 0 Å². The van der Waals surface area contributed by atoms with E-state index in [1.807, 2.05) is 0 Å². The van der Waals surface area contributed by atoms with Gasteiger partial charge in [-0.05, 0) is 13.0 Å². The average Bonchev–Trinajstić information content (AvgIpc) is 1.81. The molecule has 0 aliphatic carbocycles. The molecule has 0 saturated carbocycles. The highest BCUT2D eigenvalue weighted by Gasteiger charge is 1.78. The lowest BCUT2D eigenvalue weighted by atomic mass is 10.2. The van der Waals surface area contributed by atoms with Gasteiger partial charge in [-0.2, -0.15) is 0 Å². The summed E-state index contributed by atoms with van der Waals surface area (Å²) in [5, 5.41) is 6.16. The van der Waals surface area contributed by atoms with Gasteiger partial charge in [0.25, 0.3) is 0 Å². The van der Waals surface area contributed by atoms with Gasteiger partial charge in [-0.3, -0.25) is 0 Å². The summed E-state index contributed by atoms with van der Waals surface area (Å²) < 4.78 is 0. The Morgan fingerprint density at radius 3 is 2.38 bits per heavy atom. The first kappa shape index (κ1) is 7.98. The van der Waals surface area contributed by atoms with Crippen LogP contribution in [0.5, 0.6) is 0 Å². The molecule has 0 aliphatic rings. The molecule has 0 fully saturated rings. The minimum absolute atomic E-state index is 0.575. The van der Waals surface area contributed by atoms with Gasteiger partial charge in [-0.15, -0.1) is 0 Å². The monoisotopic (exact) mass is 112 g/mol. The minimum atomic E-state index is 0.575. The fraction of sp³-hybridized carbons (Fsp3) is 1.00. The first-order valence-corrected chi connectivity index (χ1v) is 3.03. The number of rotatable bonds is 5. The third-order valence-electron chi connectivity index (χ3n) is 0.873. The maximum atomic E-state index is 5.17. The summed E-state index contributed by atoms with van der Waals surface area (Å²) in [5.41, 5.74) is 0. The second-order valence-corrected chi connectivity index (χ2v) is 1.56. The van der Waals surface area contributed by atoms with E-state index in [1.54, 1.807) is 0 Å². The molecule has 0 unspecified atom stereocenters. The van der Waals surface area contributed by atoms with E-state index >= 15 is 0 Å². The largest absolute Gasteiger partial charge is 0.324 e. The van der Waals surface area contributed by atoms with Crippen LogP contribution in [-0.4, -0.2) is 33.9 Å². The molecule has 0 aliphatic heterocycles. The summed E-state index contributed by atoms with van der Waals surface area (Å²) in [5.74, 6) is 0.